The lowest BCUT2D eigenvalue weighted by Gasteiger charge is -2.31. The van der Waals surface area contributed by atoms with Gasteiger partial charge in [0, 0.05) is 41.4 Å². The molecule has 1 amide bonds. The number of carbonyl (C=O) groups excluding carboxylic acids is 1. The number of anilines is 1. The Labute approximate surface area is 234 Å². The molecule has 210 valence electrons. The number of aryl methyl sites for hydroxylation is 3. The Hall–Kier alpha value is -4.07. The average molecular weight is 544 g/mol. The molecule has 1 aliphatic carbocycles. The van der Waals surface area contributed by atoms with E-state index < -0.39 is 5.97 Å². The van der Waals surface area contributed by atoms with E-state index in [9.17, 15) is 9.59 Å². The van der Waals surface area contributed by atoms with Crippen LogP contribution in [0.4, 0.5) is 5.69 Å². The minimum Gasteiger partial charge on any atom is -0.481 e. The Kier molecular flexibility index (Phi) is 7.96. The Morgan fingerprint density at radius 1 is 1.07 bits per heavy atom. The van der Waals surface area contributed by atoms with Gasteiger partial charge in [-0.3, -0.25) is 9.59 Å². The summed E-state index contributed by atoms with van der Waals surface area (Å²) < 4.78 is 12.0. The predicted molar refractivity (Wildman–Crippen MR) is 155 cm³/mol. The second-order valence-corrected chi connectivity index (χ2v) is 11.0. The first-order valence-electron chi connectivity index (χ1n) is 14.0. The van der Waals surface area contributed by atoms with Crippen LogP contribution < -0.4 is 5.32 Å². The molecule has 40 heavy (non-hydrogen) atoms. The molecular weight excluding hydrogens is 506 g/mol. The second kappa shape index (κ2) is 11.6. The smallest absolute Gasteiger partial charge is 0.305 e. The second-order valence-electron chi connectivity index (χ2n) is 11.0. The molecule has 1 aliphatic rings. The van der Waals surface area contributed by atoms with Gasteiger partial charge in [0.15, 0.2) is 0 Å². The topological polar surface area (TPSA) is 109 Å². The van der Waals surface area contributed by atoms with Crippen molar-refractivity contribution in [3.8, 4) is 11.1 Å². The van der Waals surface area contributed by atoms with Crippen molar-refractivity contribution < 1.29 is 23.6 Å². The molecule has 0 saturated heterocycles. The van der Waals surface area contributed by atoms with Gasteiger partial charge in [-0.2, -0.15) is 0 Å². The molecule has 2 N–H and O–H groups in total. The lowest BCUT2D eigenvalue weighted by molar-refractivity contribution is -0.137. The molecule has 5 rings (SSSR count). The third-order valence-electron chi connectivity index (χ3n) is 8.16. The molecule has 0 spiro atoms. The number of aliphatic carboxylic acids is 1. The minimum absolute atomic E-state index is 0.00462. The van der Waals surface area contributed by atoms with Crippen molar-refractivity contribution in [2.45, 2.75) is 65.3 Å². The van der Waals surface area contributed by atoms with Crippen LogP contribution in [0.25, 0.3) is 22.1 Å². The lowest BCUT2D eigenvalue weighted by Crippen LogP contribution is -2.29. The van der Waals surface area contributed by atoms with Crippen LogP contribution >= 0.6 is 0 Å². The van der Waals surface area contributed by atoms with Crippen LogP contribution in [0.3, 0.4) is 0 Å². The number of carboxylic acid groups (broad SMARTS) is 1. The molecule has 2 heterocycles. The average Bonchev–Trinajstić information content (AvgIpc) is 3.47. The number of nitrogens with zero attached hydrogens (tertiary/aromatic N) is 2. The van der Waals surface area contributed by atoms with Crippen molar-refractivity contribution in [3.63, 3.8) is 0 Å². The fraction of sp³-hybridized carbons (Fsp3) is 0.406. The zero-order valence-electron chi connectivity index (χ0n) is 23.6. The molecule has 1 fully saturated rings. The van der Waals surface area contributed by atoms with E-state index in [1.165, 1.54) is 24.2 Å². The standard InChI is InChI=1S/C32H37N3O5/c1-19-26-18-24(29-20(2)34-40-21(29)3)12-15-27(26)39-31(19)30(22-8-6-5-7-9-22)33-25-13-10-23(11-14-25)32(38)35(4)17-16-28(36)37/h10-15,18,22,30,33H,5-9,16-17H2,1-4H3,(H,36,37). The first-order valence-corrected chi connectivity index (χ1v) is 14.0. The third-order valence-corrected chi connectivity index (χ3v) is 8.16. The van der Waals surface area contributed by atoms with Crippen LogP contribution in [0, 0.1) is 26.7 Å². The van der Waals surface area contributed by atoms with Crippen molar-refractivity contribution in [2.75, 3.05) is 18.9 Å². The van der Waals surface area contributed by atoms with Crippen molar-refractivity contribution in [2.24, 2.45) is 5.92 Å². The number of furan rings is 1. The van der Waals surface area contributed by atoms with E-state index in [0.29, 0.717) is 11.5 Å². The maximum Gasteiger partial charge on any atom is 0.305 e. The fourth-order valence-electron chi connectivity index (χ4n) is 5.93. The summed E-state index contributed by atoms with van der Waals surface area (Å²) in [4.78, 5) is 25.1. The summed E-state index contributed by atoms with van der Waals surface area (Å²) in [6.07, 6.45) is 5.84. The summed E-state index contributed by atoms with van der Waals surface area (Å²) in [5.41, 5.74) is 6.38. The molecule has 8 heteroatoms. The summed E-state index contributed by atoms with van der Waals surface area (Å²) in [5, 5.41) is 17.9. The Balaban J connectivity index is 1.43. The Bertz CT molecular complexity index is 1490. The molecule has 1 unspecified atom stereocenters. The lowest BCUT2D eigenvalue weighted by atomic mass is 9.82. The molecule has 1 saturated carbocycles. The van der Waals surface area contributed by atoms with Gasteiger partial charge in [0.2, 0.25) is 0 Å². The van der Waals surface area contributed by atoms with Crippen molar-refractivity contribution in [1.29, 1.82) is 0 Å². The van der Waals surface area contributed by atoms with Gasteiger partial charge in [-0.15, -0.1) is 0 Å². The van der Waals surface area contributed by atoms with Gasteiger partial charge in [-0.25, -0.2) is 0 Å². The summed E-state index contributed by atoms with van der Waals surface area (Å²) in [6, 6.07) is 13.7. The van der Waals surface area contributed by atoms with Crippen LogP contribution in [0.15, 0.2) is 51.4 Å². The largest absolute Gasteiger partial charge is 0.481 e. The first-order chi connectivity index (χ1) is 19.2. The number of rotatable bonds is 9. The van der Waals surface area contributed by atoms with E-state index in [-0.39, 0.29) is 24.9 Å². The van der Waals surface area contributed by atoms with Gasteiger partial charge in [0.05, 0.1) is 18.2 Å². The van der Waals surface area contributed by atoms with Crippen molar-refractivity contribution in [1.82, 2.24) is 10.1 Å². The zero-order valence-corrected chi connectivity index (χ0v) is 23.6. The summed E-state index contributed by atoms with van der Waals surface area (Å²) >= 11 is 0. The van der Waals surface area contributed by atoms with Crippen LogP contribution in [0.1, 0.15) is 77.7 Å². The number of carboxylic acids is 1. The van der Waals surface area contributed by atoms with Gasteiger partial charge in [-0.05, 0) is 81.5 Å². The van der Waals surface area contributed by atoms with E-state index in [2.05, 4.69) is 29.5 Å². The molecule has 0 aliphatic heterocycles. The highest BCUT2D eigenvalue weighted by Crippen LogP contribution is 2.42. The first kappa shape index (κ1) is 27.5. The maximum absolute atomic E-state index is 12.7. The normalized spacial score (nSPS) is 14.8. The molecule has 2 aromatic heterocycles. The fourth-order valence-corrected chi connectivity index (χ4v) is 5.93. The van der Waals surface area contributed by atoms with E-state index >= 15 is 0 Å². The highest BCUT2D eigenvalue weighted by Gasteiger charge is 2.30. The predicted octanol–water partition coefficient (Wildman–Crippen LogP) is 7.29. The zero-order chi connectivity index (χ0) is 28.4. The highest BCUT2D eigenvalue weighted by atomic mass is 16.5. The molecule has 4 aromatic rings. The number of carbonyl (C=O) groups is 2. The van der Waals surface area contributed by atoms with Crippen molar-refractivity contribution >= 4 is 28.5 Å². The number of amides is 1. The van der Waals surface area contributed by atoms with Gasteiger partial charge in [0.1, 0.15) is 17.1 Å². The maximum atomic E-state index is 12.7. The van der Waals surface area contributed by atoms with Crippen LogP contribution in [-0.4, -0.2) is 40.6 Å². The Morgan fingerprint density at radius 2 is 1.80 bits per heavy atom. The van der Waals surface area contributed by atoms with E-state index in [0.717, 1.165) is 63.4 Å². The van der Waals surface area contributed by atoms with Crippen LogP contribution in [-0.2, 0) is 4.79 Å². The number of benzene rings is 2. The van der Waals surface area contributed by atoms with Gasteiger partial charge >= 0.3 is 5.97 Å². The number of fused-ring (bicyclic) bond motifs is 1. The molecule has 2 aromatic carbocycles. The SMILES string of the molecule is Cc1noc(C)c1-c1ccc2oc(C(Nc3ccc(C(=O)N(C)CCC(=O)O)cc3)C3CCCCC3)c(C)c2c1. The molecule has 8 nitrogen and oxygen atoms in total. The van der Waals surface area contributed by atoms with E-state index in [4.69, 9.17) is 14.0 Å². The monoisotopic (exact) mass is 543 g/mol. The number of nitrogens with one attached hydrogen (secondary N) is 1. The molecule has 0 bridgehead atoms. The molecular formula is C32H37N3O5. The van der Waals surface area contributed by atoms with Crippen LogP contribution in [0.5, 0.6) is 0 Å². The summed E-state index contributed by atoms with van der Waals surface area (Å²) in [6.45, 7) is 6.19. The molecule has 1 atom stereocenters. The van der Waals surface area contributed by atoms with Crippen molar-refractivity contribution in [3.05, 3.63) is 70.8 Å². The van der Waals surface area contributed by atoms with E-state index in [1.807, 2.05) is 32.0 Å². The Morgan fingerprint density at radius 3 is 2.45 bits per heavy atom. The van der Waals surface area contributed by atoms with Gasteiger partial charge in [0.25, 0.3) is 5.91 Å². The summed E-state index contributed by atoms with van der Waals surface area (Å²) in [5.74, 6) is 1.06. The van der Waals surface area contributed by atoms with E-state index in [1.54, 1.807) is 19.2 Å². The third kappa shape index (κ3) is 5.62. The number of hydrogen-bond acceptors (Lipinski definition) is 6. The number of hydrogen-bond donors (Lipinski definition) is 2. The number of aromatic nitrogens is 1. The summed E-state index contributed by atoms with van der Waals surface area (Å²) in [7, 11) is 1.62. The minimum atomic E-state index is -0.922. The van der Waals surface area contributed by atoms with Gasteiger partial charge in [-0.1, -0.05) is 30.5 Å². The highest BCUT2D eigenvalue weighted by molar-refractivity contribution is 5.94. The quantitative estimate of drug-likeness (QED) is 0.228. The molecule has 0 radical (unpaired) electrons. The van der Waals surface area contributed by atoms with Crippen LogP contribution in [0.2, 0.25) is 0 Å². The van der Waals surface area contributed by atoms with Gasteiger partial charge < -0.3 is 24.3 Å².